The Morgan fingerprint density at radius 3 is 1.90 bits per heavy atom. The number of rotatable bonds is 14. The molecule has 2 N–H and O–H groups in total. The number of amides is 1. The van der Waals surface area contributed by atoms with E-state index in [0.29, 0.717) is 33.6 Å². The Morgan fingerprint density at radius 2 is 1.35 bits per heavy atom. The van der Waals surface area contributed by atoms with Crippen molar-refractivity contribution in [3.8, 4) is 22.3 Å². The van der Waals surface area contributed by atoms with Gasteiger partial charge in [0, 0.05) is 29.3 Å². The summed E-state index contributed by atoms with van der Waals surface area (Å²) in [6.07, 6.45) is 0.284. The smallest absolute Gasteiger partial charge is 0.308 e. The number of benzene rings is 4. The van der Waals surface area contributed by atoms with Crippen LogP contribution in [0.1, 0.15) is 54.5 Å². The second-order valence-electron chi connectivity index (χ2n) is 12.3. The van der Waals surface area contributed by atoms with Crippen LogP contribution in [-0.4, -0.2) is 46.0 Å². The summed E-state index contributed by atoms with van der Waals surface area (Å²) in [7, 11) is 1.21. The van der Waals surface area contributed by atoms with Crippen LogP contribution in [0.3, 0.4) is 0 Å². The summed E-state index contributed by atoms with van der Waals surface area (Å²) in [6, 6.07) is 29.5. The van der Waals surface area contributed by atoms with E-state index < -0.39 is 35.7 Å². The molecule has 8 nitrogen and oxygen atoms in total. The molecule has 5 aromatic rings. The van der Waals surface area contributed by atoms with Crippen molar-refractivity contribution in [1.29, 1.82) is 0 Å². The minimum atomic E-state index is -1.19. The lowest BCUT2D eigenvalue weighted by molar-refractivity contribution is -0.143. The fraction of sp³-hybridized carbons (Fsp3) is 0.220. The van der Waals surface area contributed by atoms with Gasteiger partial charge in [-0.2, -0.15) is 5.06 Å². The number of carbonyl (C=O) groups is 2. The maximum Gasteiger partial charge on any atom is 0.308 e. The number of carbonyl (C=O) groups excluding carboxylic acids is 2. The van der Waals surface area contributed by atoms with Crippen LogP contribution in [0.15, 0.2) is 115 Å². The Kier molecular flexibility index (Phi) is 12.3. The van der Waals surface area contributed by atoms with Crippen molar-refractivity contribution in [3.63, 3.8) is 0 Å². The van der Waals surface area contributed by atoms with Gasteiger partial charge in [0.2, 0.25) is 0 Å². The number of nitrogens with zero attached hydrogens (tertiary/aromatic N) is 2. The van der Waals surface area contributed by atoms with Crippen molar-refractivity contribution in [2.45, 2.75) is 51.5 Å². The molecule has 51 heavy (non-hydrogen) atoms. The standard InChI is InChI=1S/C41H40F2N2O6/c1-27(2)44-36(23-22-34(46)24-35(47)25-37(48)50-3)38(29-14-18-31(42)19-15-29)39(30-16-20-32(43)21-17-30)40(44)41(49)45(33-12-8-5-9-13-33)51-26-28-10-6-4-7-11-28/h4-23,27,34-35,46-47H,24-26H2,1-3H3. The molecule has 4 aromatic carbocycles. The van der Waals surface area contributed by atoms with E-state index in [9.17, 15) is 23.8 Å². The molecule has 0 saturated carbocycles. The molecule has 5 rings (SSSR count). The normalized spacial score (nSPS) is 12.6. The lowest BCUT2D eigenvalue weighted by Gasteiger charge is -2.25. The van der Waals surface area contributed by atoms with E-state index >= 15 is 4.79 Å². The molecule has 1 aromatic heterocycles. The number of aliphatic hydroxyl groups is 2. The van der Waals surface area contributed by atoms with E-state index in [-0.39, 0.29) is 31.2 Å². The lowest BCUT2D eigenvalue weighted by Crippen LogP contribution is -2.33. The predicted molar refractivity (Wildman–Crippen MR) is 192 cm³/mol. The van der Waals surface area contributed by atoms with Gasteiger partial charge in [0.1, 0.15) is 23.9 Å². The Morgan fingerprint density at radius 1 is 0.804 bits per heavy atom. The number of aliphatic hydroxyl groups excluding tert-OH is 2. The van der Waals surface area contributed by atoms with Gasteiger partial charge < -0.3 is 19.5 Å². The van der Waals surface area contributed by atoms with Crippen LogP contribution >= 0.6 is 0 Å². The first-order chi connectivity index (χ1) is 24.6. The number of hydrogen-bond acceptors (Lipinski definition) is 6. The molecule has 10 heteroatoms. The van der Waals surface area contributed by atoms with E-state index in [2.05, 4.69) is 4.74 Å². The third kappa shape index (κ3) is 9.04. The molecule has 0 fully saturated rings. The van der Waals surface area contributed by atoms with Gasteiger partial charge in [0.05, 0.1) is 31.4 Å². The second kappa shape index (κ2) is 17.0. The number of anilines is 1. The molecule has 2 atom stereocenters. The Bertz CT molecular complexity index is 1940. The van der Waals surface area contributed by atoms with Crippen LogP contribution in [0.4, 0.5) is 14.5 Å². The first kappa shape index (κ1) is 36.9. The van der Waals surface area contributed by atoms with Gasteiger partial charge in [0.15, 0.2) is 0 Å². The summed E-state index contributed by atoms with van der Waals surface area (Å²) < 4.78 is 35.1. The summed E-state index contributed by atoms with van der Waals surface area (Å²) >= 11 is 0. The first-order valence-corrected chi connectivity index (χ1v) is 16.5. The summed E-state index contributed by atoms with van der Waals surface area (Å²) in [6.45, 7) is 3.86. The molecule has 0 aliphatic heterocycles. The molecule has 0 radical (unpaired) electrons. The molecule has 0 saturated heterocycles. The third-order valence-electron chi connectivity index (χ3n) is 8.23. The predicted octanol–water partition coefficient (Wildman–Crippen LogP) is 8.15. The highest BCUT2D eigenvalue weighted by molar-refractivity contribution is 6.12. The molecule has 2 unspecified atom stereocenters. The monoisotopic (exact) mass is 694 g/mol. The number of halogens is 2. The maximum atomic E-state index is 15.1. The van der Waals surface area contributed by atoms with Gasteiger partial charge in [-0.05, 0) is 73.0 Å². The number of hydrogen-bond donors (Lipinski definition) is 2. The van der Waals surface area contributed by atoms with Crippen LogP contribution in [0.2, 0.25) is 0 Å². The van der Waals surface area contributed by atoms with Crippen LogP contribution < -0.4 is 5.06 Å². The average Bonchev–Trinajstić information content (AvgIpc) is 3.47. The largest absolute Gasteiger partial charge is 0.469 e. The van der Waals surface area contributed by atoms with Crippen molar-refractivity contribution < 1.29 is 38.2 Å². The van der Waals surface area contributed by atoms with Crippen molar-refractivity contribution in [2.24, 2.45) is 0 Å². The molecule has 0 aliphatic carbocycles. The van der Waals surface area contributed by atoms with Gasteiger partial charge in [-0.3, -0.25) is 14.4 Å². The first-order valence-electron chi connectivity index (χ1n) is 16.5. The maximum absolute atomic E-state index is 15.1. The van der Waals surface area contributed by atoms with E-state index in [4.69, 9.17) is 4.84 Å². The fourth-order valence-electron chi connectivity index (χ4n) is 5.87. The molecule has 264 valence electrons. The van der Waals surface area contributed by atoms with E-state index in [1.165, 1.54) is 42.5 Å². The topological polar surface area (TPSA) is 101 Å². The molecule has 0 spiro atoms. The van der Waals surface area contributed by atoms with Crippen molar-refractivity contribution in [3.05, 3.63) is 144 Å². The molecule has 0 aliphatic rings. The zero-order valence-corrected chi connectivity index (χ0v) is 28.6. The molecular weight excluding hydrogens is 654 g/mol. The Labute approximate surface area is 295 Å². The molecule has 0 bridgehead atoms. The van der Waals surface area contributed by atoms with E-state index in [0.717, 1.165) is 5.56 Å². The SMILES string of the molecule is COC(=O)CC(O)CC(O)C=Cc1c(-c2ccc(F)cc2)c(-c2ccc(F)cc2)c(C(=O)N(OCc2ccccc2)c2ccccc2)n1C(C)C. The average molecular weight is 695 g/mol. The van der Waals surface area contributed by atoms with Crippen molar-refractivity contribution >= 4 is 23.6 Å². The van der Waals surface area contributed by atoms with Gasteiger partial charge in [0.25, 0.3) is 5.91 Å². The minimum absolute atomic E-state index is 0.0768. The van der Waals surface area contributed by atoms with Gasteiger partial charge in [-0.1, -0.05) is 78.9 Å². The van der Waals surface area contributed by atoms with E-state index in [1.807, 2.05) is 50.2 Å². The molecule has 1 amide bonds. The third-order valence-corrected chi connectivity index (χ3v) is 8.23. The fourth-order valence-corrected chi connectivity index (χ4v) is 5.87. The van der Waals surface area contributed by atoms with Gasteiger partial charge in [-0.25, -0.2) is 8.78 Å². The van der Waals surface area contributed by atoms with Crippen LogP contribution in [0.5, 0.6) is 0 Å². The highest BCUT2D eigenvalue weighted by Gasteiger charge is 2.33. The van der Waals surface area contributed by atoms with Crippen LogP contribution in [-0.2, 0) is 21.0 Å². The summed E-state index contributed by atoms with van der Waals surface area (Å²) in [4.78, 5) is 33.1. The van der Waals surface area contributed by atoms with Crippen LogP contribution in [0.25, 0.3) is 28.3 Å². The number of para-hydroxylation sites is 1. The highest BCUT2D eigenvalue weighted by atomic mass is 19.1. The quantitative estimate of drug-likeness (QED) is 0.0899. The number of hydroxylamine groups is 1. The van der Waals surface area contributed by atoms with Crippen molar-refractivity contribution in [2.75, 3.05) is 12.2 Å². The highest BCUT2D eigenvalue weighted by Crippen LogP contribution is 2.43. The summed E-state index contributed by atoms with van der Waals surface area (Å²) in [5, 5.41) is 22.6. The Hall–Kier alpha value is -5.42. The minimum Gasteiger partial charge on any atom is -0.469 e. The Balaban J connectivity index is 1.74. The summed E-state index contributed by atoms with van der Waals surface area (Å²) in [5.41, 5.74) is 4.01. The number of aromatic nitrogens is 1. The lowest BCUT2D eigenvalue weighted by atomic mass is 9.94. The number of ether oxygens (including phenoxy) is 1. The molecule has 1 heterocycles. The van der Waals surface area contributed by atoms with Crippen molar-refractivity contribution in [1.82, 2.24) is 4.57 Å². The second-order valence-corrected chi connectivity index (χ2v) is 12.3. The van der Waals surface area contributed by atoms with Crippen LogP contribution in [0, 0.1) is 11.6 Å². The van der Waals surface area contributed by atoms with E-state index in [1.54, 1.807) is 59.2 Å². The van der Waals surface area contributed by atoms with Gasteiger partial charge in [-0.15, -0.1) is 0 Å². The van der Waals surface area contributed by atoms with Gasteiger partial charge >= 0.3 is 5.97 Å². The zero-order chi connectivity index (χ0) is 36.5. The number of methoxy groups -OCH3 is 1. The number of esters is 1. The summed E-state index contributed by atoms with van der Waals surface area (Å²) in [5.74, 6) is -2.07. The zero-order valence-electron chi connectivity index (χ0n) is 28.6. The molecular formula is C41H40F2N2O6.